The minimum Gasteiger partial charge on any atom is -0.324 e. The van der Waals surface area contributed by atoms with Gasteiger partial charge in [0.1, 0.15) is 0 Å². The average Bonchev–Trinajstić information content (AvgIpc) is 2.58. The largest absolute Gasteiger partial charge is 0.324 e. The number of rotatable bonds is 3. The van der Waals surface area contributed by atoms with Crippen LogP contribution in [0.25, 0.3) is 0 Å². The summed E-state index contributed by atoms with van der Waals surface area (Å²) >= 11 is 0. The molecule has 0 spiro atoms. The average molecular weight is 154 g/mol. The Balaban J connectivity index is 1.66. The lowest BCUT2D eigenvalue weighted by Crippen LogP contribution is -2.54. The van der Waals surface area contributed by atoms with Crippen LogP contribution in [0.3, 0.4) is 0 Å². The van der Waals surface area contributed by atoms with Crippen molar-refractivity contribution in [3.05, 3.63) is 0 Å². The molecule has 2 rings (SSSR count). The molecule has 2 atom stereocenters. The van der Waals surface area contributed by atoms with Gasteiger partial charge in [0.05, 0.1) is 0 Å². The van der Waals surface area contributed by atoms with Gasteiger partial charge in [0.15, 0.2) is 0 Å². The molecule has 0 aromatic rings. The molecule has 2 nitrogen and oxygen atoms in total. The van der Waals surface area contributed by atoms with E-state index in [1.165, 1.54) is 25.7 Å². The SMILES string of the molecule is CC1CC1NCC1(N)CCC1. The van der Waals surface area contributed by atoms with Crippen molar-refractivity contribution in [2.75, 3.05) is 6.54 Å². The molecule has 64 valence electrons. The third-order valence-corrected chi connectivity index (χ3v) is 3.18. The fraction of sp³-hybridized carbons (Fsp3) is 1.00. The lowest BCUT2D eigenvalue weighted by atomic mass is 9.78. The summed E-state index contributed by atoms with van der Waals surface area (Å²) in [5.74, 6) is 0.902. The zero-order chi connectivity index (χ0) is 7.90. The van der Waals surface area contributed by atoms with Crippen molar-refractivity contribution in [1.29, 1.82) is 0 Å². The zero-order valence-electron chi connectivity index (χ0n) is 7.27. The van der Waals surface area contributed by atoms with Crippen LogP contribution in [0.4, 0.5) is 0 Å². The van der Waals surface area contributed by atoms with Crippen LogP contribution in [0.5, 0.6) is 0 Å². The Morgan fingerprint density at radius 2 is 2.18 bits per heavy atom. The summed E-state index contributed by atoms with van der Waals surface area (Å²) in [6, 6.07) is 0.788. The quantitative estimate of drug-likeness (QED) is 0.633. The highest BCUT2D eigenvalue weighted by molar-refractivity contribution is 4.98. The van der Waals surface area contributed by atoms with Crippen molar-refractivity contribution in [3.63, 3.8) is 0 Å². The molecule has 2 aliphatic rings. The van der Waals surface area contributed by atoms with Crippen LogP contribution in [0.2, 0.25) is 0 Å². The molecule has 3 N–H and O–H groups in total. The smallest absolute Gasteiger partial charge is 0.0280 e. The van der Waals surface area contributed by atoms with E-state index in [1.54, 1.807) is 0 Å². The van der Waals surface area contributed by atoms with Crippen molar-refractivity contribution in [2.45, 2.75) is 44.2 Å². The van der Waals surface area contributed by atoms with Crippen LogP contribution in [-0.2, 0) is 0 Å². The lowest BCUT2D eigenvalue weighted by molar-refractivity contribution is 0.238. The van der Waals surface area contributed by atoms with Crippen molar-refractivity contribution in [1.82, 2.24) is 5.32 Å². The maximum atomic E-state index is 6.06. The summed E-state index contributed by atoms with van der Waals surface area (Å²) in [6.45, 7) is 3.34. The van der Waals surface area contributed by atoms with E-state index in [2.05, 4.69) is 12.2 Å². The highest BCUT2D eigenvalue weighted by Crippen LogP contribution is 2.32. The maximum absolute atomic E-state index is 6.06. The van der Waals surface area contributed by atoms with Crippen molar-refractivity contribution >= 4 is 0 Å². The third kappa shape index (κ3) is 1.57. The second-order valence-corrected chi connectivity index (χ2v) is 4.42. The Morgan fingerprint density at radius 3 is 2.55 bits per heavy atom. The molecule has 0 saturated heterocycles. The monoisotopic (exact) mass is 154 g/mol. The van der Waals surface area contributed by atoms with E-state index < -0.39 is 0 Å². The summed E-state index contributed by atoms with van der Waals surface area (Å²) in [7, 11) is 0. The van der Waals surface area contributed by atoms with E-state index in [0.29, 0.717) is 0 Å². The molecule has 0 bridgehead atoms. The van der Waals surface area contributed by atoms with Crippen molar-refractivity contribution < 1.29 is 0 Å². The van der Waals surface area contributed by atoms with Gasteiger partial charge in [-0.25, -0.2) is 0 Å². The first kappa shape index (κ1) is 7.56. The van der Waals surface area contributed by atoms with Crippen LogP contribution >= 0.6 is 0 Å². The van der Waals surface area contributed by atoms with Gasteiger partial charge in [-0.15, -0.1) is 0 Å². The summed E-state index contributed by atoms with van der Waals surface area (Å²) in [6.07, 6.45) is 5.14. The number of hydrogen-bond acceptors (Lipinski definition) is 2. The van der Waals surface area contributed by atoms with Gasteiger partial charge in [-0.3, -0.25) is 0 Å². The molecule has 0 radical (unpaired) electrons. The summed E-state index contributed by atoms with van der Waals surface area (Å²) < 4.78 is 0. The molecule has 2 aliphatic carbocycles. The zero-order valence-corrected chi connectivity index (χ0v) is 7.27. The van der Waals surface area contributed by atoms with Gasteiger partial charge in [-0.05, 0) is 31.6 Å². The Kier molecular flexibility index (Phi) is 1.69. The molecule has 11 heavy (non-hydrogen) atoms. The van der Waals surface area contributed by atoms with Crippen LogP contribution < -0.4 is 11.1 Å². The van der Waals surface area contributed by atoms with E-state index in [9.17, 15) is 0 Å². The Bertz CT molecular complexity index is 152. The molecule has 0 amide bonds. The fourth-order valence-electron chi connectivity index (χ4n) is 1.75. The second-order valence-electron chi connectivity index (χ2n) is 4.42. The third-order valence-electron chi connectivity index (χ3n) is 3.18. The predicted molar refractivity (Wildman–Crippen MR) is 46.3 cm³/mol. The number of nitrogens with one attached hydrogen (secondary N) is 1. The molecule has 2 heteroatoms. The minimum absolute atomic E-state index is 0.169. The van der Waals surface area contributed by atoms with Crippen LogP contribution in [0, 0.1) is 5.92 Å². The summed E-state index contributed by atoms with van der Waals surface area (Å²) in [4.78, 5) is 0. The molecule has 2 fully saturated rings. The van der Waals surface area contributed by atoms with E-state index >= 15 is 0 Å². The Labute approximate surface area is 68.5 Å². The molecule has 0 aromatic carbocycles. The number of nitrogens with two attached hydrogens (primary N) is 1. The van der Waals surface area contributed by atoms with Gasteiger partial charge in [-0.1, -0.05) is 6.92 Å². The summed E-state index contributed by atoms with van der Waals surface area (Å²) in [5, 5.41) is 3.52. The topological polar surface area (TPSA) is 38.0 Å². The molecular weight excluding hydrogens is 136 g/mol. The first-order valence-corrected chi connectivity index (χ1v) is 4.72. The van der Waals surface area contributed by atoms with Crippen molar-refractivity contribution in [3.8, 4) is 0 Å². The van der Waals surface area contributed by atoms with Gasteiger partial charge in [0.25, 0.3) is 0 Å². The molecule has 0 aromatic heterocycles. The Morgan fingerprint density at radius 1 is 1.55 bits per heavy atom. The van der Waals surface area contributed by atoms with Crippen LogP contribution in [0.1, 0.15) is 32.6 Å². The first-order valence-electron chi connectivity index (χ1n) is 4.72. The van der Waals surface area contributed by atoms with Crippen molar-refractivity contribution in [2.24, 2.45) is 11.7 Å². The maximum Gasteiger partial charge on any atom is 0.0280 e. The molecular formula is C9H18N2. The van der Waals surface area contributed by atoms with Gasteiger partial charge in [0.2, 0.25) is 0 Å². The van der Waals surface area contributed by atoms with Crippen LogP contribution in [0.15, 0.2) is 0 Å². The molecule has 2 unspecified atom stereocenters. The van der Waals surface area contributed by atoms with Gasteiger partial charge in [0, 0.05) is 18.1 Å². The normalized spacial score (nSPS) is 39.8. The lowest BCUT2D eigenvalue weighted by Gasteiger charge is -2.38. The van der Waals surface area contributed by atoms with E-state index in [1.807, 2.05) is 0 Å². The molecule has 0 aliphatic heterocycles. The predicted octanol–water partition coefficient (Wildman–Crippen LogP) is 0.866. The van der Waals surface area contributed by atoms with Crippen LogP contribution in [-0.4, -0.2) is 18.1 Å². The van der Waals surface area contributed by atoms with Gasteiger partial charge >= 0.3 is 0 Å². The van der Waals surface area contributed by atoms with E-state index in [4.69, 9.17) is 5.73 Å². The fourth-order valence-corrected chi connectivity index (χ4v) is 1.75. The highest BCUT2D eigenvalue weighted by atomic mass is 15.0. The standard InChI is InChI=1S/C9H18N2/c1-7-5-8(7)11-6-9(10)3-2-4-9/h7-8,11H,2-6,10H2,1H3. The second kappa shape index (κ2) is 2.46. The minimum atomic E-state index is 0.169. The Hall–Kier alpha value is -0.0800. The summed E-state index contributed by atoms with van der Waals surface area (Å²) in [5.41, 5.74) is 6.23. The van der Waals surface area contributed by atoms with E-state index in [0.717, 1.165) is 18.5 Å². The van der Waals surface area contributed by atoms with E-state index in [-0.39, 0.29) is 5.54 Å². The molecule has 2 saturated carbocycles. The van der Waals surface area contributed by atoms with Gasteiger partial charge in [-0.2, -0.15) is 0 Å². The first-order chi connectivity index (χ1) is 5.20. The van der Waals surface area contributed by atoms with Gasteiger partial charge < -0.3 is 11.1 Å². The number of hydrogen-bond donors (Lipinski definition) is 2. The molecule has 0 heterocycles. The highest BCUT2D eigenvalue weighted by Gasteiger charge is 2.37.